The Kier molecular flexibility index (Phi) is 4.42. The summed E-state index contributed by atoms with van der Waals surface area (Å²) in [5.41, 5.74) is 0. The highest BCUT2D eigenvalue weighted by molar-refractivity contribution is 4.76. The highest BCUT2D eigenvalue weighted by Gasteiger charge is 2.21. The normalized spacial score (nSPS) is 23.6. The van der Waals surface area contributed by atoms with Crippen molar-refractivity contribution in [3.05, 3.63) is 0 Å². The van der Waals surface area contributed by atoms with E-state index in [1.54, 1.807) is 0 Å². The molecule has 1 N–H and O–H groups in total. The average molecular weight is 212 g/mol. The van der Waals surface area contributed by atoms with Gasteiger partial charge in [-0.2, -0.15) is 0 Å². The zero-order valence-electron chi connectivity index (χ0n) is 9.87. The molecule has 0 atom stereocenters. The van der Waals surface area contributed by atoms with Crippen LogP contribution in [0, 0.1) is 5.92 Å². The van der Waals surface area contributed by atoms with Crippen LogP contribution in [0.4, 0.5) is 0 Å². The smallest absolute Gasteiger partial charge is 0.0480 e. The summed E-state index contributed by atoms with van der Waals surface area (Å²) >= 11 is 0. The van der Waals surface area contributed by atoms with Gasteiger partial charge in [0.2, 0.25) is 0 Å². The van der Waals surface area contributed by atoms with E-state index in [0.717, 1.165) is 31.7 Å². The Labute approximate surface area is 93.2 Å². The van der Waals surface area contributed by atoms with Gasteiger partial charge in [0.15, 0.2) is 0 Å². The lowest BCUT2D eigenvalue weighted by atomic mass is 10.1. The van der Waals surface area contributed by atoms with Gasteiger partial charge in [0.1, 0.15) is 0 Å². The van der Waals surface area contributed by atoms with Gasteiger partial charge < -0.3 is 15.0 Å². The molecule has 1 heterocycles. The molecule has 0 aromatic rings. The van der Waals surface area contributed by atoms with Crippen molar-refractivity contribution in [2.75, 3.05) is 39.9 Å². The zero-order valence-corrected chi connectivity index (χ0v) is 9.87. The van der Waals surface area contributed by atoms with Crippen molar-refractivity contribution in [1.82, 2.24) is 10.2 Å². The van der Waals surface area contributed by atoms with E-state index in [4.69, 9.17) is 4.74 Å². The Morgan fingerprint density at radius 1 is 1.20 bits per heavy atom. The van der Waals surface area contributed by atoms with Gasteiger partial charge in [-0.05, 0) is 45.2 Å². The second kappa shape index (κ2) is 5.83. The molecule has 0 unspecified atom stereocenters. The Bertz CT molecular complexity index is 176. The number of likely N-dealkylation sites (N-methyl/N-ethyl adjacent to an activating group) is 1. The standard InChI is InChI=1S/C12H24N2O/c1-14(12-4-8-15-9-5-12)7-6-13-10-11-2-3-11/h11-13H,2-10H2,1H3. The second-order valence-electron chi connectivity index (χ2n) is 4.97. The molecule has 1 saturated carbocycles. The van der Waals surface area contributed by atoms with E-state index in [1.807, 2.05) is 0 Å². The number of ether oxygens (including phenoxy) is 1. The van der Waals surface area contributed by atoms with Crippen LogP contribution in [0.3, 0.4) is 0 Å². The van der Waals surface area contributed by atoms with Crippen molar-refractivity contribution in [1.29, 1.82) is 0 Å². The first-order valence-electron chi connectivity index (χ1n) is 6.35. The summed E-state index contributed by atoms with van der Waals surface area (Å²) in [6.07, 6.45) is 5.31. The molecule has 1 saturated heterocycles. The molecule has 0 spiro atoms. The fourth-order valence-electron chi connectivity index (χ4n) is 2.19. The van der Waals surface area contributed by atoms with E-state index < -0.39 is 0 Å². The topological polar surface area (TPSA) is 24.5 Å². The summed E-state index contributed by atoms with van der Waals surface area (Å²) in [5, 5.41) is 3.54. The first-order valence-corrected chi connectivity index (χ1v) is 6.35. The van der Waals surface area contributed by atoms with Gasteiger partial charge >= 0.3 is 0 Å². The van der Waals surface area contributed by atoms with Gasteiger partial charge in [0.05, 0.1) is 0 Å². The largest absolute Gasteiger partial charge is 0.381 e. The van der Waals surface area contributed by atoms with Crippen molar-refractivity contribution in [3.8, 4) is 0 Å². The SMILES string of the molecule is CN(CCNCC1CC1)C1CCOCC1. The highest BCUT2D eigenvalue weighted by atomic mass is 16.5. The molecule has 3 nitrogen and oxygen atoms in total. The first kappa shape index (κ1) is 11.4. The molecular weight excluding hydrogens is 188 g/mol. The van der Waals surface area contributed by atoms with Crippen molar-refractivity contribution >= 4 is 0 Å². The van der Waals surface area contributed by atoms with Gasteiger partial charge in [-0.1, -0.05) is 0 Å². The molecule has 3 heteroatoms. The zero-order chi connectivity index (χ0) is 10.5. The van der Waals surface area contributed by atoms with Crippen LogP contribution in [0.25, 0.3) is 0 Å². The minimum Gasteiger partial charge on any atom is -0.381 e. The summed E-state index contributed by atoms with van der Waals surface area (Å²) in [6.45, 7) is 5.46. The van der Waals surface area contributed by atoms with E-state index in [9.17, 15) is 0 Å². The highest BCUT2D eigenvalue weighted by Crippen LogP contribution is 2.27. The van der Waals surface area contributed by atoms with Crippen LogP contribution in [0.2, 0.25) is 0 Å². The minimum absolute atomic E-state index is 0.751. The third kappa shape index (κ3) is 4.09. The average Bonchev–Trinajstić information content (AvgIpc) is 3.09. The summed E-state index contributed by atoms with van der Waals surface area (Å²) < 4.78 is 5.37. The van der Waals surface area contributed by atoms with Crippen LogP contribution in [0.5, 0.6) is 0 Å². The fraction of sp³-hybridized carbons (Fsp3) is 1.00. The first-order chi connectivity index (χ1) is 7.36. The van der Waals surface area contributed by atoms with Crippen molar-refractivity contribution in [3.63, 3.8) is 0 Å². The lowest BCUT2D eigenvalue weighted by molar-refractivity contribution is 0.0434. The van der Waals surface area contributed by atoms with E-state index in [-0.39, 0.29) is 0 Å². The van der Waals surface area contributed by atoms with Crippen LogP contribution < -0.4 is 5.32 Å². The quantitative estimate of drug-likeness (QED) is 0.667. The summed E-state index contributed by atoms with van der Waals surface area (Å²) in [7, 11) is 2.24. The van der Waals surface area contributed by atoms with Gasteiger partial charge in [-0.15, -0.1) is 0 Å². The molecule has 0 amide bonds. The molecule has 0 radical (unpaired) electrons. The molecule has 1 aliphatic heterocycles. The predicted octanol–water partition coefficient (Wildman–Crippen LogP) is 1.10. The predicted molar refractivity (Wildman–Crippen MR) is 62.1 cm³/mol. The maximum absolute atomic E-state index is 5.37. The Morgan fingerprint density at radius 2 is 1.93 bits per heavy atom. The summed E-state index contributed by atoms with van der Waals surface area (Å²) in [6, 6.07) is 0.751. The van der Waals surface area contributed by atoms with Gasteiger partial charge in [0, 0.05) is 32.3 Å². The molecule has 2 aliphatic rings. The van der Waals surface area contributed by atoms with Gasteiger partial charge in [0.25, 0.3) is 0 Å². The second-order valence-corrected chi connectivity index (χ2v) is 4.97. The Balaban J connectivity index is 1.52. The summed E-state index contributed by atoms with van der Waals surface area (Å²) in [4.78, 5) is 2.49. The number of rotatable bonds is 6. The van der Waals surface area contributed by atoms with E-state index in [2.05, 4.69) is 17.3 Å². The van der Waals surface area contributed by atoms with Crippen LogP contribution in [0.15, 0.2) is 0 Å². The number of nitrogens with zero attached hydrogens (tertiary/aromatic N) is 1. The van der Waals surface area contributed by atoms with E-state index in [0.29, 0.717) is 0 Å². The van der Waals surface area contributed by atoms with Gasteiger partial charge in [-0.25, -0.2) is 0 Å². The van der Waals surface area contributed by atoms with Crippen LogP contribution in [-0.2, 0) is 4.74 Å². The third-order valence-corrected chi connectivity index (χ3v) is 3.59. The molecular formula is C12H24N2O. The molecule has 0 aromatic carbocycles. The molecule has 0 aromatic heterocycles. The lowest BCUT2D eigenvalue weighted by Gasteiger charge is -2.31. The van der Waals surface area contributed by atoms with Gasteiger partial charge in [-0.3, -0.25) is 0 Å². The summed E-state index contributed by atoms with van der Waals surface area (Å²) in [5.74, 6) is 0.999. The monoisotopic (exact) mass is 212 g/mol. The molecule has 1 aliphatic carbocycles. The Hall–Kier alpha value is -0.120. The third-order valence-electron chi connectivity index (χ3n) is 3.59. The number of hydrogen-bond donors (Lipinski definition) is 1. The fourth-order valence-corrected chi connectivity index (χ4v) is 2.19. The van der Waals surface area contributed by atoms with E-state index >= 15 is 0 Å². The molecule has 2 rings (SSSR count). The molecule has 2 fully saturated rings. The van der Waals surface area contributed by atoms with Crippen molar-refractivity contribution in [2.45, 2.75) is 31.7 Å². The molecule has 15 heavy (non-hydrogen) atoms. The van der Waals surface area contributed by atoms with Crippen molar-refractivity contribution < 1.29 is 4.74 Å². The maximum Gasteiger partial charge on any atom is 0.0480 e. The van der Waals surface area contributed by atoms with Crippen LogP contribution >= 0.6 is 0 Å². The lowest BCUT2D eigenvalue weighted by Crippen LogP contribution is -2.40. The molecule has 0 bridgehead atoms. The molecule has 88 valence electrons. The van der Waals surface area contributed by atoms with Crippen LogP contribution in [0.1, 0.15) is 25.7 Å². The maximum atomic E-state index is 5.37. The Morgan fingerprint density at radius 3 is 2.60 bits per heavy atom. The number of hydrogen-bond acceptors (Lipinski definition) is 3. The van der Waals surface area contributed by atoms with Crippen LogP contribution in [-0.4, -0.2) is 50.8 Å². The number of nitrogens with one attached hydrogen (secondary N) is 1. The minimum atomic E-state index is 0.751. The van der Waals surface area contributed by atoms with E-state index in [1.165, 1.54) is 38.8 Å². The van der Waals surface area contributed by atoms with Crippen molar-refractivity contribution in [2.24, 2.45) is 5.92 Å².